The molecule has 0 spiro atoms. The monoisotopic (exact) mass is 229 g/mol. The van der Waals surface area contributed by atoms with Crippen molar-refractivity contribution in [2.45, 2.75) is 19.3 Å². The van der Waals surface area contributed by atoms with Crippen LogP contribution in [0.3, 0.4) is 0 Å². The Morgan fingerprint density at radius 3 is 2.94 bits per heavy atom. The number of carbonyl (C=O) groups excluding carboxylic acids is 1. The van der Waals surface area contributed by atoms with E-state index in [4.69, 9.17) is 4.42 Å². The van der Waals surface area contributed by atoms with Crippen LogP contribution in [0.5, 0.6) is 0 Å². The molecule has 1 aliphatic heterocycles. The number of halogens is 2. The van der Waals surface area contributed by atoms with Crippen LogP contribution < -0.4 is 0 Å². The molecule has 0 aromatic carbocycles. The number of alkyl halides is 2. The summed E-state index contributed by atoms with van der Waals surface area (Å²) in [5.41, 5.74) is 0.324. The molecule has 2 heterocycles. The summed E-state index contributed by atoms with van der Waals surface area (Å²) in [4.78, 5) is 13.0. The molecule has 88 valence electrons. The van der Waals surface area contributed by atoms with Crippen molar-refractivity contribution >= 4 is 5.91 Å². The van der Waals surface area contributed by atoms with Gasteiger partial charge in [0.2, 0.25) is 0 Å². The van der Waals surface area contributed by atoms with E-state index in [2.05, 4.69) is 0 Å². The van der Waals surface area contributed by atoms with Crippen LogP contribution in [-0.2, 0) is 0 Å². The third kappa shape index (κ3) is 1.94. The number of piperidine rings is 1. The zero-order valence-corrected chi connectivity index (χ0v) is 8.95. The first-order valence-electron chi connectivity index (χ1n) is 5.20. The zero-order valence-electron chi connectivity index (χ0n) is 8.95. The predicted molar refractivity (Wildman–Crippen MR) is 53.3 cm³/mol. The van der Waals surface area contributed by atoms with Gasteiger partial charge in [-0.2, -0.15) is 0 Å². The molecule has 0 N–H and O–H groups in total. The minimum absolute atomic E-state index is 0.324. The molecular formula is C11H13F2NO2. The first-order valence-corrected chi connectivity index (χ1v) is 5.20. The quantitative estimate of drug-likeness (QED) is 0.740. The molecule has 1 fully saturated rings. The van der Waals surface area contributed by atoms with Gasteiger partial charge in [0.15, 0.2) is 0 Å². The first-order chi connectivity index (χ1) is 7.50. The average molecular weight is 229 g/mol. The molecule has 0 saturated carbocycles. The van der Waals surface area contributed by atoms with Crippen molar-refractivity contribution < 1.29 is 18.0 Å². The van der Waals surface area contributed by atoms with E-state index >= 15 is 0 Å². The largest absolute Gasteiger partial charge is 0.472 e. The lowest BCUT2D eigenvalue weighted by atomic mass is 9.94. The molecule has 16 heavy (non-hydrogen) atoms. The second kappa shape index (κ2) is 3.88. The lowest BCUT2D eigenvalue weighted by molar-refractivity contribution is -0.0957. The smallest absolute Gasteiger partial charge is 0.267 e. The third-order valence-corrected chi connectivity index (χ3v) is 3.01. The van der Waals surface area contributed by atoms with Gasteiger partial charge in [0, 0.05) is 12.5 Å². The fourth-order valence-electron chi connectivity index (χ4n) is 1.79. The number of furan rings is 1. The topological polar surface area (TPSA) is 33.5 Å². The van der Waals surface area contributed by atoms with E-state index in [1.807, 2.05) is 0 Å². The van der Waals surface area contributed by atoms with Crippen LogP contribution in [0.4, 0.5) is 8.78 Å². The lowest BCUT2D eigenvalue weighted by Crippen LogP contribution is -2.49. The maximum atomic E-state index is 13.4. The zero-order chi connectivity index (χ0) is 11.8. The molecule has 1 aromatic heterocycles. The van der Waals surface area contributed by atoms with Crippen molar-refractivity contribution in [2.24, 2.45) is 5.92 Å². The summed E-state index contributed by atoms with van der Waals surface area (Å²) in [7, 11) is 0. The Labute approximate surface area is 92.0 Å². The number of carbonyl (C=O) groups is 1. The van der Waals surface area contributed by atoms with Crippen molar-refractivity contribution in [2.75, 3.05) is 13.1 Å². The van der Waals surface area contributed by atoms with Gasteiger partial charge in [-0.25, -0.2) is 8.78 Å². The van der Waals surface area contributed by atoms with Gasteiger partial charge in [-0.15, -0.1) is 0 Å². The van der Waals surface area contributed by atoms with Crippen molar-refractivity contribution in [3.8, 4) is 0 Å². The molecule has 3 nitrogen and oxygen atoms in total. The maximum Gasteiger partial charge on any atom is 0.267 e. The molecule has 0 bridgehead atoms. The summed E-state index contributed by atoms with van der Waals surface area (Å²) in [5, 5.41) is 0. The van der Waals surface area contributed by atoms with Gasteiger partial charge in [-0.1, -0.05) is 6.92 Å². The van der Waals surface area contributed by atoms with E-state index in [1.54, 1.807) is 0 Å². The SMILES string of the molecule is C[C@@H]1CCN(C(=O)c2ccoc2)CC1(F)F. The number of hydrogen-bond acceptors (Lipinski definition) is 2. The fourth-order valence-corrected chi connectivity index (χ4v) is 1.79. The van der Waals surface area contributed by atoms with Gasteiger partial charge in [0.1, 0.15) is 6.26 Å². The molecule has 1 aliphatic rings. The molecule has 2 rings (SSSR count). The number of rotatable bonds is 1. The number of likely N-dealkylation sites (tertiary alicyclic amines) is 1. The Kier molecular flexibility index (Phi) is 2.69. The maximum absolute atomic E-state index is 13.4. The summed E-state index contributed by atoms with van der Waals surface area (Å²) < 4.78 is 31.6. The normalized spacial score (nSPS) is 24.4. The minimum Gasteiger partial charge on any atom is -0.472 e. The van der Waals surface area contributed by atoms with Gasteiger partial charge in [-0.05, 0) is 12.5 Å². The van der Waals surface area contributed by atoms with Crippen LogP contribution in [0.25, 0.3) is 0 Å². The highest BCUT2D eigenvalue weighted by molar-refractivity contribution is 5.93. The molecule has 0 radical (unpaired) electrons. The summed E-state index contributed by atoms with van der Waals surface area (Å²) >= 11 is 0. The van der Waals surface area contributed by atoms with E-state index < -0.39 is 18.4 Å². The Balaban J connectivity index is 2.10. The van der Waals surface area contributed by atoms with Gasteiger partial charge in [0.25, 0.3) is 11.8 Å². The highest BCUT2D eigenvalue weighted by Crippen LogP contribution is 2.32. The highest BCUT2D eigenvalue weighted by Gasteiger charge is 2.43. The number of nitrogens with zero attached hydrogens (tertiary/aromatic N) is 1. The van der Waals surface area contributed by atoms with Crippen LogP contribution in [-0.4, -0.2) is 29.8 Å². The van der Waals surface area contributed by atoms with Gasteiger partial charge < -0.3 is 9.32 Å². The van der Waals surface area contributed by atoms with Crippen molar-refractivity contribution in [3.63, 3.8) is 0 Å². The number of amides is 1. The van der Waals surface area contributed by atoms with Crippen molar-refractivity contribution in [3.05, 3.63) is 24.2 Å². The molecule has 5 heteroatoms. The molecule has 0 unspecified atom stereocenters. The van der Waals surface area contributed by atoms with Crippen molar-refractivity contribution in [1.82, 2.24) is 4.90 Å². The molecule has 0 aliphatic carbocycles. The number of hydrogen-bond donors (Lipinski definition) is 0. The van der Waals surface area contributed by atoms with Crippen molar-refractivity contribution in [1.29, 1.82) is 0 Å². The van der Waals surface area contributed by atoms with Gasteiger partial charge in [0.05, 0.1) is 18.4 Å². The van der Waals surface area contributed by atoms with E-state index in [1.165, 1.54) is 30.4 Å². The van der Waals surface area contributed by atoms with E-state index in [0.29, 0.717) is 18.5 Å². The summed E-state index contributed by atoms with van der Waals surface area (Å²) in [6, 6.07) is 1.48. The van der Waals surface area contributed by atoms with Crippen LogP contribution in [0.2, 0.25) is 0 Å². The molecule has 1 aromatic rings. The average Bonchev–Trinajstić information content (AvgIpc) is 2.74. The summed E-state index contributed by atoms with van der Waals surface area (Å²) in [5.74, 6) is -3.85. The second-order valence-electron chi connectivity index (χ2n) is 4.19. The van der Waals surface area contributed by atoms with Gasteiger partial charge >= 0.3 is 0 Å². The van der Waals surface area contributed by atoms with E-state index in [0.717, 1.165) is 0 Å². The Morgan fingerprint density at radius 2 is 2.38 bits per heavy atom. The fraction of sp³-hybridized carbons (Fsp3) is 0.545. The Hall–Kier alpha value is -1.39. The van der Waals surface area contributed by atoms with E-state index in [-0.39, 0.29) is 5.91 Å². The standard InChI is InChI=1S/C11H13F2NO2/c1-8-2-4-14(7-11(8,12)13)10(15)9-3-5-16-6-9/h3,5-6,8H,2,4,7H2,1H3/t8-/m1/s1. The molecular weight excluding hydrogens is 216 g/mol. The second-order valence-corrected chi connectivity index (χ2v) is 4.19. The minimum atomic E-state index is -2.79. The highest BCUT2D eigenvalue weighted by atomic mass is 19.3. The summed E-state index contributed by atoms with van der Waals surface area (Å²) in [6.07, 6.45) is 2.97. The Morgan fingerprint density at radius 1 is 1.62 bits per heavy atom. The first kappa shape index (κ1) is 11.1. The van der Waals surface area contributed by atoms with Gasteiger partial charge in [-0.3, -0.25) is 4.79 Å². The van der Waals surface area contributed by atoms with Crippen LogP contribution >= 0.6 is 0 Å². The predicted octanol–water partition coefficient (Wildman–Crippen LogP) is 2.40. The van der Waals surface area contributed by atoms with E-state index in [9.17, 15) is 13.6 Å². The molecule has 1 saturated heterocycles. The summed E-state index contributed by atoms with van der Waals surface area (Å²) in [6.45, 7) is 1.39. The lowest BCUT2D eigenvalue weighted by Gasteiger charge is -2.36. The van der Waals surface area contributed by atoms with Crippen LogP contribution in [0.15, 0.2) is 23.0 Å². The Bertz CT molecular complexity index is 375. The molecule has 1 atom stereocenters. The molecule has 1 amide bonds. The third-order valence-electron chi connectivity index (χ3n) is 3.01. The van der Waals surface area contributed by atoms with Crippen LogP contribution in [0.1, 0.15) is 23.7 Å². The van der Waals surface area contributed by atoms with Crippen LogP contribution in [0, 0.1) is 5.92 Å².